The summed E-state index contributed by atoms with van der Waals surface area (Å²) in [5.41, 5.74) is 1.28. The van der Waals surface area contributed by atoms with E-state index in [1.54, 1.807) is 45.0 Å². The highest BCUT2D eigenvalue weighted by Crippen LogP contribution is 2.33. The van der Waals surface area contributed by atoms with Gasteiger partial charge in [0.15, 0.2) is 0 Å². The topological polar surface area (TPSA) is 91.2 Å². The second kappa shape index (κ2) is 8.01. The molecule has 2 rings (SSSR count). The SMILES string of the molecule is Cc1c(C(=O)OC(C)C)sc(NC(=O)Nc2ccc(Cl)cc2)c1C#N. The molecule has 1 heterocycles. The average Bonchev–Trinajstić information content (AvgIpc) is 2.84. The number of carbonyl (C=O) groups is 2. The lowest BCUT2D eigenvalue weighted by Gasteiger charge is -2.07. The number of anilines is 2. The van der Waals surface area contributed by atoms with Gasteiger partial charge in [0.2, 0.25) is 0 Å². The smallest absolute Gasteiger partial charge is 0.348 e. The number of halogens is 1. The minimum Gasteiger partial charge on any atom is -0.459 e. The summed E-state index contributed by atoms with van der Waals surface area (Å²) in [6.07, 6.45) is -0.274. The van der Waals surface area contributed by atoms with E-state index >= 15 is 0 Å². The number of nitriles is 1. The Kier molecular flexibility index (Phi) is 6.02. The molecule has 25 heavy (non-hydrogen) atoms. The minimum atomic E-state index is -0.524. The third kappa shape index (κ3) is 4.72. The molecule has 0 fully saturated rings. The maximum Gasteiger partial charge on any atom is 0.348 e. The van der Waals surface area contributed by atoms with Crippen molar-refractivity contribution in [1.29, 1.82) is 5.26 Å². The van der Waals surface area contributed by atoms with E-state index in [2.05, 4.69) is 10.6 Å². The molecule has 0 aliphatic rings. The maximum atomic E-state index is 12.1. The van der Waals surface area contributed by atoms with Crippen molar-refractivity contribution in [2.45, 2.75) is 26.9 Å². The van der Waals surface area contributed by atoms with E-state index in [4.69, 9.17) is 16.3 Å². The molecule has 0 aliphatic carbocycles. The van der Waals surface area contributed by atoms with Crippen LogP contribution in [0.15, 0.2) is 24.3 Å². The summed E-state index contributed by atoms with van der Waals surface area (Å²) in [7, 11) is 0. The summed E-state index contributed by atoms with van der Waals surface area (Å²) in [6.45, 7) is 5.13. The Balaban J connectivity index is 2.18. The first-order valence-electron chi connectivity index (χ1n) is 7.39. The summed E-state index contributed by atoms with van der Waals surface area (Å²) in [5.74, 6) is -0.514. The zero-order valence-electron chi connectivity index (χ0n) is 13.8. The molecule has 6 nitrogen and oxygen atoms in total. The molecule has 0 aliphatic heterocycles. The molecule has 1 aromatic carbocycles. The number of ether oxygens (including phenoxy) is 1. The highest BCUT2D eigenvalue weighted by Gasteiger charge is 2.23. The molecule has 2 aromatic rings. The van der Waals surface area contributed by atoms with Gasteiger partial charge in [-0.15, -0.1) is 11.3 Å². The molecule has 1 aromatic heterocycles. The van der Waals surface area contributed by atoms with Crippen LogP contribution in [0.2, 0.25) is 5.02 Å². The van der Waals surface area contributed by atoms with Crippen LogP contribution in [0.3, 0.4) is 0 Å². The number of hydrogen-bond acceptors (Lipinski definition) is 5. The molecule has 0 radical (unpaired) electrons. The first kappa shape index (κ1) is 18.8. The second-order valence-electron chi connectivity index (χ2n) is 5.41. The van der Waals surface area contributed by atoms with Gasteiger partial charge >= 0.3 is 12.0 Å². The van der Waals surface area contributed by atoms with Gasteiger partial charge < -0.3 is 10.1 Å². The lowest BCUT2D eigenvalue weighted by atomic mass is 10.2. The second-order valence-corrected chi connectivity index (χ2v) is 6.87. The fourth-order valence-electron chi connectivity index (χ4n) is 2.00. The quantitative estimate of drug-likeness (QED) is 0.749. The van der Waals surface area contributed by atoms with Gasteiger partial charge in [-0.1, -0.05) is 11.6 Å². The van der Waals surface area contributed by atoms with Gasteiger partial charge in [0, 0.05) is 10.7 Å². The number of rotatable bonds is 4. The van der Waals surface area contributed by atoms with Gasteiger partial charge in [0.05, 0.1) is 11.7 Å². The normalized spacial score (nSPS) is 10.2. The van der Waals surface area contributed by atoms with E-state index in [1.165, 1.54) is 0 Å². The summed E-state index contributed by atoms with van der Waals surface area (Å²) >= 11 is 6.81. The van der Waals surface area contributed by atoms with Crippen molar-refractivity contribution in [3.63, 3.8) is 0 Å². The van der Waals surface area contributed by atoms with Gasteiger partial charge in [-0.3, -0.25) is 5.32 Å². The third-order valence-electron chi connectivity index (χ3n) is 3.12. The van der Waals surface area contributed by atoms with Gasteiger partial charge in [0.1, 0.15) is 15.9 Å². The number of urea groups is 1. The number of thiophene rings is 1. The molecule has 130 valence electrons. The monoisotopic (exact) mass is 377 g/mol. The summed E-state index contributed by atoms with van der Waals surface area (Å²) < 4.78 is 5.16. The maximum absolute atomic E-state index is 12.1. The molecule has 0 saturated heterocycles. The van der Waals surface area contributed by atoms with Gasteiger partial charge in [-0.2, -0.15) is 5.26 Å². The van der Waals surface area contributed by atoms with E-state index in [0.717, 1.165) is 11.3 Å². The molecular formula is C17H16ClN3O3S. The lowest BCUT2D eigenvalue weighted by Crippen LogP contribution is -2.19. The molecule has 0 saturated carbocycles. The van der Waals surface area contributed by atoms with Crippen molar-refractivity contribution >= 4 is 45.6 Å². The van der Waals surface area contributed by atoms with Crippen LogP contribution in [0, 0.1) is 18.3 Å². The molecule has 0 unspecified atom stereocenters. The number of nitrogens with one attached hydrogen (secondary N) is 2. The van der Waals surface area contributed by atoms with Gasteiger partial charge in [-0.05, 0) is 50.6 Å². The summed E-state index contributed by atoms with van der Waals surface area (Å²) in [4.78, 5) is 24.5. The fourth-order valence-corrected chi connectivity index (χ4v) is 3.16. The molecule has 0 bridgehead atoms. The van der Waals surface area contributed by atoms with Crippen LogP contribution in [-0.2, 0) is 4.74 Å². The Morgan fingerprint density at radius 2 is 1.88 bits per heavy atom. The lowest BCUT2D eigenvalue weighted by molar-refractivity contribution is 0.0383. The highest BCUT2D eigenvalue weighted by molar-refractivity contribution is 7.18. The van der Waals surface area contributed by atoms with Crippen LogP contribution < -0.4 is 10.6 Å². The van der Waals surface area contributed by atoms with E-state index < -0.39 is 12.0 Å². The van der Waals surface area contributed by atoms with Crippen molar-refractivity contribution in [3.05, 3.63) is 45.3 Å². The third-order valence-corrected chi connectivity index (χ3v) is 4.56. The van der Waals surface area contributed by atoms with Crippen LogP contribution in [0.1, 0.15) is 34.6 Å². The van der Waals surface area contributed by atoms with Crippen molar-refractivity contribution in [2.75, 3.05) is 10.6 Å². The average molecular weight is 378 g/mol. The number of benzene rings is 1. The molecule has 2 amide bonds. The van der Waals surface area contributed by atoms with Crippen LogP contribution in [0.5, 0.6) is 0 Å². The van der Waals surface area contributed by atoms with E-state index in [9.17, 15) is 14.9 Å². The summed E-state index contributed by atoms with van der Waals surface area (Å²) in [6, 6.07) is 8.08. The standard InChI is InChI=1S/C17H16ClN3O3S/c1-9(2)24-16(22)14-10(3)13(8-19)15(25-14)21-17(23)20-12-6-4-11(18)5-7-12/h4-7,9H,1-3H3,(H2,20,21,23). The number of hydrogen-bond donors (Lipinski definition) is 2. The van der Waals surface area contributed by atoms with Crippen LogP contribution in [-0.4, -0.2) is 18.1 Å². The largest absolute Gasteiger partial charge is 0.459 e. The fraction of sp³-hybridized carbons (Fsp3) is 0.235. The zero-order valence-corrected chi connectivity index (χ0v) is 15.4. The highest BCUT2D eigenvalue weighted by atomic mass is 35.5. The predicted octanol–water partition coefficient (Wildman–Crippen LogP) is 4.79. The Morgan fingerprint density at radius 3 is 2.44 bits per heavy atom. The molecule has 0 atom stereocenters. The van der Waals surface area contributed by atoms with Crippen molar-refractivity contribution in [1.82, 2.24) is 0 Å². The number of esters is 1. The number of nitrogens with zero attached hydrogens (tertiary/aromatic N) is 1. The molecular weight excluding hydrogens is 362 g/mol. The van der Waals surface area contributed by atoms with E-state index in [0.29, 0.717) is 26.2 Å². The molecule has 8 heteroatoms. The van der Waals surface area contributed by atoms with Crippen molar-refractivity contribution in [2.24, 2.45) is 0 Å². The van der Waals surface area contributed by atoms with Crippen LogP contribution >= 0.6 is 22.9 Å². The first-order chi connectivity index (χ1) is 11.8. The van der Waals surface area contributed by atoms with Crippen LogP contribution in [0.25, 0.3) is 0 Å². The van der Waals surface area contributed by atoms with Crippen LogP contribution in [0.4, 0.5) is 15.5 Å². The Hall–Kier alpha value is -2.56. The summed E-state index contributed by atoms with van der Waals surface area (Å²) in [5, 5.41) is 15.4. The number of carbonyl (C=O) groups excluding carboxylic acids is 2. The first-order valence-corrected chi connectivity index (χ1v) is 8.59. The molecule has 2 N–H and O–H groups in total. The Bertz CT molecular complexity index is 838. The van der Waals surface area contributed by atoms with Gasteiger partial charge in [0.25, 0.3) is 0 Å². The zero-order chi connectivity index (χ0) is 18.6. The minimum absolute atomic E-state index is 0.243. The van der Waals surface area contributed by atoms with E-state index in [1.807, 2.05) is 6.07 Å². The van der Waals surface area contributed by atoms with E-state index in [-0.39, 0.29) is 11.7 Å². The van der Waals surface area contributed by atoms with Crippen molar-refractivity contribution in [3.8, 4) is 6.07 Å². The predicted molar refractivity (Wildman–Crippen MR) is 98.4 cm³/mol. The Labute approximate surface area is 154 Å². The Morgan fingerprint density at radius 1 is 1.24 bits per heavy atom. The van der Waals surface area contributed by atoms with Crippen molar-refractivity contribution < 1.29 is 14.3 Å². The van der Waals surface area contributed by atoms with Gasteiger partial charge in [-0.25, -0.2) is 9.59 Å². The number of amides is 2. The molecule has 0 spiro atoms.